The molecule has 0 fully saturated rings. The first-order valence-electron chi connectivity index (χ1n) is 24.8. The van der Waals surface area contributed by atoms with Crippen LogP contribution in [-0.4, -0.2) is 70.7 Å². The molecule has 0 aromatic rings. The van der Waals surface area contributed by atoms with Gasteiger partial charge in [0.05, 0.1) is 34.4 Å². The van der Waals surface area contributed by atoms with Crippen LogP contribution >= 0.6 is 7.82 Å². The monoisotopic (exact) mass is 832 g/mol. The first kappa shape index (κ1) is 56.5. The number of carbonyl (C=O) groups excluding carboxylic acids is 1. The third-order valence-electron chi connectivity index (χ3n) is 11.2. The van der Waals surface area contributed by atoms with Crippen molar-refractivity contribution in [3.05, 3.63) is 0 Å². The maximum atomic E-state index is 12.7. The van der Waals surface area contributed by atoms with Gasteiger partial charge in [-0.05, 0) is 12.8 Å². The number of phosphoric ester groups is 1. The van der Waals surface area contributed by atoms with Crippen LogP contribution in [0.1, 0.15) is 245 Å². The molecule has 0 radical (unpaired) electrons. The molecule has 0 aromatic heterocycles. The average molecular weight is 832 g/mol. The van der Waals surface area contributed by atoms with E-state index in [4.69, 9.17) is 18.5 Å². The Morgan fingerprint density at radius 2 is 0.807 bits per heavy atom. The molecule has 0 rings (SSSR count). The summed E-state index contributed by atoms with van der Waals surface area (Å²) in [6, 6.07) is 0. The van der Waals surface area contributed by atoms with E-state index in [0.29, 0.717) is 24.1 Å². The van der Waals surface area contributed by atoms with Crippen LogP contribution in [0, 0.1) is 0 Å². The Hall–Kier alpha value is -0.500. The third-order valence-corrected chi connectivity index (χ3v) is 12.1. The number of likely N-dealkylation sites (N-methyl/N-ethyl adjacent to an activating group) is 1. The number of carbonyl (C=O) groups is 1. The van der Waals surface area contributed by atoms with E-state index in [0.717, 1.165) is 32.1 Å². The number of esters is 1. The lowest BCUT2D eigenvalue weighted by atomic mass is 10.0. The summed E-state index contributed by atoms with van der Waals surface area (Å²) in [4.78, 5) is 25.1. The van der Waals surface area contributed by atoms with Crippen LogP contribution in [-0.2, 0) is 27.9 Å². The molecule has 0 saturated heterocycles. The Bertz CT molecular complexity index is 883. The van der Waals surface area contributed by atoms with E-state index in [2.05, 4.69) is 13.8 Å². The summed E-state index contributed by atoms with van der Waals surface area (Å²) in [5.41, 5.74) is 0. The van der Waals surface area contributed by atoms with E-state index in [1.165, 1.54) is 193 Å². The molecule has 0 bridgehead atoms. The molecule has 0 aliphatic carbocycles. The van der Waals surface area contributed by atoms with Gasteiger partial charge >= 0.3 is 5.97 Å². The van der Waals surface area contributed by atoms with Crippen molar-refractivity contribution in [3.63, 3.8) is 0 Å². The summed E-state index contributed by atoms with van der Waals surface area (Å²) in [5, 5.41) is 0. The van der Waals surface area contributed by atoms with Gasteiger partial charge in [0.15, 0.2) is 0 Å². The lowest BCUT2D eigenvalue weighted by Crippen LogP contribution is -2.37. The topological polar surface area (TPSA) is 94.1 Å². The van der Waals surface area contributed by atoms with Gasteiger partial charge in [0.1, 0.15) is 19.3 Å². The zero-order valence-electron chi connectivity index (χ0n) is 38.8. The standard InChI is InChI=1S/C48H98NO7P/c1-6-8-10-12-14-16-18-20-22-23-24-25-26-27-28-29-31-33-35-37-39-41-48(50)56-47(46-55-57(51,52)54-44-42-49(3,4)5)45-53-43-40-38-36-34-32-30-21-19-17-15-13-11-9-7-2/h47H,6-46H2,1-5H3/t47-/m1/s1. The van der Waals surface area contributed by atoms with Crippen molar-refractivity contribution >= 4 is 13.8 Å². The first-order chi connectivity index (χ1) is 27.6. The summed E-state index contributed by atoms with van der Waals surface area (Å²) in [6.07, 6.45) is 45.5. The lowest BCUT2D eigenvalue weighted by Gasteiger charge is -2.28. The van der Waals surface area contributed by atoms with Gasteiger partial charge in [-0.2, -0.15) is 0 Å². The Kier molecular flexibility index (Phi) is 41.8. The quantitative estimate of drug-likeness (QED) is 0.0261. The average Bonchev–Trinajstić information content (AvgIpc) is 3.16. The minimum atomic E-state index is -4.52. The second kappa shape index (κ2) is 42.2. The van der Waals surface area contributed by atoms with Gasteiger partial charge in [-0.15, -0.1) is 0 Å². The molecule has 0 aromatic carbocycles. The van der Waals surface area contributed by atoms with Crippen LogP contribution < -0.4 is 4.89 Å². The summed E-state index contributed by atoms with van der Waals surface area (Å²) in [6.45, 7) is 5.48. The van der Waals surface area contributed by atoms with E-state index >= 15 is 0 Å². The Balaban J connectivity index is 4.08. The second-order valence-corrected chi connectivity index (χ2v) is 19.6. The number of hydrogen-bond donors (Lipinski definition) is 0. The van der Waals surface area contributed by atoms with Crippen LogP contribution in [0.2, 0.25) is 0 Å². The Morgan fingerprint density at radius 3 is 1.16 bits per heavy atom. The molecule has 9 heteroatoms. The maximum Gasteiger partial charge on any atom is 0.306 e. The fraction of sp³-hybridized carbons (Fsp3) is 0.979. The Morgan fingerprint density at radius 1 is 0.474 bits per heavy atom. The fourth-order valence-electron chi connectivity index (χ4n) is 7.31. The second-order valence-electron chi connectivity index (χ2n) is 18.2. The first-order valence-corrected chi connectivity index (χ1v) is 26.2. The molecule has 0 heterocycles. The highest BCUT2D eigenvalue weighted by Crippen LogP contribution is 2.38. The normalized spacial score (nSPS) is 13.6. The number of unbranched alkanes of at least 4 members (excludes halogenated alkanes) is 33. The van der Waals surface area contributed by atoms with Crippen molar-refractivity contribution in [2.24, 2.45) is 0 Å². The number of ether oxygens (including phenoxy) is 2. The van der Waals surface area contributed by atoms with Crippen molar-refractivity contribution < 1.29 is 37.3 Å². The molecule has 0 spiro atoms. The minimum Gasteiger partial charge on any atom is -0.756 e. The molecule has 0 amide bonds. The van der Waals surface area contributed by atoms with E-state index in [-0.39, 0.29) is 25.8 Å². The van der Waals surface area contributed by atoms with Crippen molar-refractivity contribution in [2.45, 2.75) is 251 Å². The summed E-state index contributed by atoms with van der Waals surface area (Å²) in [5.74, 6) is -0.326. The van der Waals surface area contributed by atoms with Crippen LogP contribution in [0.3, 0.4) is 0 Å². The molecule has 0 saturated carbocycles. The predicted molar refractivity (Wildman–Crippen MR) is 241 cm³/mol. The summed E-state index contributed by atoms with van der Waals surface area (Å²) >= 11 is 0. The lowest BCUT2D eigenvalue weighted by molar-refractivity contribution is -0.870. The van der Waals surface area contributed by atoms with Gasteiger partial charge in [-0.3, -0.25) is 9.36 Å². The number of quaternary nitrogens is 1. The van der Waals surface area contributed by atoms with E-state index < -0.39 is 13.9 Å². The Labute approximate surface area is 355 Å². The molecule has 0 aliphatic rings. The highest BCUT2D eigenvalue weighted by Gasteiger charge is 2.20. The smallest absolute Gasteiger partial charge is 0.306 e. The molecule has 8 nitrogen and oxygen atoms in total. The molecule has 0 N–H and O–H groups in total. The molecule has 57 heavy (non-hydrogen) atoms. The molecule has 1 unspecified atom stereocenters. The van der Waals surface area contributed by atoms with Gasteiger partial charge in [0.2, 0.25) is 0 Å². The van der Waals surface area contributed by atoms with Crippen molar-refractivity contribution in [2.75, 3.05) is 54.1 Å². The largest absolute Gasteiger partial charge is 0.756 e. The highest BCUT2D eigenvalue weighted by atomic mass is 31.2. The van der Waals surface area contributed by atoms with Gasteiger partial charge in [-0.1, -0.05) is 226 Å². The number of nitrogens with zero attached hydrogens (tertiary/aromatic N) is 1. The summed E-state index contributed by atoms with van der Waals surface area (Å²) < 4.78 is 34.7. The zero-order valence-corrected chi connectivity index (χ0v) is 39.7. The van der Waals surface area contributed by atoms with Gasteiger partial charge in [0.25, 0.3) is 7.82 Å². The predicted octanol–water partition coefficient (Wildman–Crippen LogP) is 14.2. The van der Waals surface area contributed by atoms with E-state index in [1.807, 2.05) is 21.1 Å². The van der Waals surface area contributed by atoms with E-state index in [1.54, 1.807) is 0 Å². The van der Waals surface area contributed by atoms with Crippen LogP contribution in [0.5, 0.6) is 0 Å². The van der Waals surface area contributed by atoms with Crippen molar-refractivity contribution in [1.29, 1.82) is 0 Å². The highest BCUT2D eigenvalue weighted by molar-refractivity contribution is 7.45. The van der Waals surface area contributed by atoms with Gasteiger partial charge < -0.3 is 27.9 Å². The van der Waals surface area contributed by atoms with Crippen LogP contribution in [0.15, 0.2) is 0 Å². The van der Waals surface area contributed by atoms with E-state index in [9.17, 15) is 14.3 Å². The third kappa shape index (κ3) is 46.4. The maximum absolute atomic E-state index is 12.7. The number of hydrogen-bond acceptors (Lipinski definition) is 7. The molecular formula is C48H98NO7P. The fourth-order valence-corrected chi connectivity index (χ4v) is 8.04. The van der Waals surface area contributed by atoms with Crippen LogP contribution in [0.25, 0.3) is 0 Å². The van der Waals surface area contributed by atoms with Gasteiger partial charge in [0, 0.05) is 13.0 Å². The SMILES string of the molecule is CCCCCCCCCCCCCCCCCCCCCCCC(=O)O[C@H](COCCCCCCCCCCCCCCCC)COP(=O)([O-])OCC[N+](C)(C)C. The van der Waals surface area contributed by atoms with Gasteiger partial charge in [-0.25, -0.2) is 0 Å². The molecular weight excluding hydrogens is 734 g/mol. The van der Waals surface area contributed by atoms with Crippen molar-refractivity contribution in [3.8, 4) is 0 Å². The molecule has 0 aliphatic heterocycles. The number of rotatable bonds is 47. The van der Waals surface area contributed by atoms with Crippen molar-refractivity contribution in [1.82, 2.24) is 0 Å². The molecule has 2 atom stereocenters. The minimum absolute atomic E-state index is 0.0316. The zero-order chi connectivity index (χ0) is 42.0. The summed E-state index contributed by atoms with van der Waals surface area (Å²) in [7, 11) is 1.38. The number of phosphoric acid groups is 1. The van der Waals surface area contributed by atoms with Crippen LogP contribution in [0.4, 0.5) is 0 Å². The molecule has 342 valence electrons.